The lowest BCUT2D eigenvalue weighted by Gasteiger charge is -2.28. The molecule has 2 heterocycles. The molecule has 0 radical (unpaired) electrons. The number of halogens is 4. The Morgan fingerprint density at radius 1 is 1.25 bits per heavy atom. The molecule has 0 amide bonds. The van der Waals surface area contributed by atoms with E-state index in [1.54, 1.807) is 12.1 Å². The Labute approximate surface area is 210 Å². The zero-order valence-corrected chi connectivity index (χ0v) is 20.4. The van der Waals surface area contributed by atoms with Crippen LogP contribution in [0.2, 0.25) is 5.02 Å². The Morgan fingerprint density at radius 2 is 1.97 bits per heavy atom. The normalized spacial score (nSPS) is 17.0. The van der Waals surface area contributed by atoms with E-state index in [0.717, 1.165) is 19.4 Å². The van der Waals surface area contributed by atoms with Crippen molar-refractivity contribution in [2.24, 2.45) is 5.92 Å². The van der Waals surface area contributed by atoms with Gasteiger partial charge in [0.15, 0.2) is 5.60 Å². The summed E-state index contributed by atoms with van der Waals surface area (Å²) < 4.78 is 44.2. The van der Waals surface area contributed by atoms with Gasteiger partial charge in [-0.3, -0.25) is 14.6 Å². The highest BCUT2D eigenvalue weighted by Crippen LogP contribution is 2.38. The topological polar surface area (TPSA) is 121 Å². The molecule has 1 aliphatic heterocycles. The van der Waals surface area contributed by atoms with Crippen molar-refractivity contribution in [1.29, 1.82) is 0 Å². The van der Waals surface area contributed by atoms with Crippen LogP contribution in [-0.4, -0.2) is 52.0 Å². The van der Waals surface area contributed by atoms with Gasteiger partial charge in [-0.05, 0) is 56.1 Å². The molecule has 1 aromatic carbocycles. The maximum Gasteiger partial charge on any atom is 0.427 e. The van der Waals surface area contributed by atoms with E-state index < -0.39 is 42.0 Å². The van der Waals surface area contributed by atoms with Gasteiger partial charge in [-0.25, -0.2) is 0 Å². The highest BCUT2D eigenvalue weighted by molar-refractivity contribution is 6.33. The van der Waals surface area contributed by atoms with E-state index in [0.29, 0.717) is 41.5 Å². The quantitative estimate of drug-likeness (QED) is 0.375. The van der Waals surface area contributed by atoms with Gasteiger partial charge in [0.2, 0.25) is 0 Å². The number of nitrogens with zero attached hydrogens (tertiary/aromatic N) is 1. The van der Waals surface area contributed by atoms with E-state index in [1.165, 1.54) is 18.3 Å². The molecular weight excluding hydrogens is 503 g/mol. The first-order valence-electron chi connectivity index (χ1n) is 11.2. The van der Waals surface area contributed by atoms with Gasteiger partial charge in [0.1, 0.15) is 5.75 Å². The molecule has 0 bridgehead atoms. The van der Waals surface area contributed by atoms with Crippen LogP contribution in [-0.2, 0) is 22.6 Å². The van der Waals surface area contributed by atoms with Crippen LogP contribution >= 0.6 is 11.6 Å². The van der Waals surface area contributed by atoms with Gasteiger partial charge in [-0.1, -0.05) is 17.7 Å². The maximum atomic E-state index is 13.1. The van der Waals surface area contributed by atoms with E-state index in [9.17, 15) is 33.0 Å². The van der Waals surface area contributed by atoms with Crippen LogP contribution in [0, 0.1) is 5.92 Å². The summed E-state index contributed by atoms with van der Waals surface area (Å²) in [4.78, 5) is 27.3. The number of ether oxygens (including phenoxy) is 1. The smallest absolute Gasteiger partial charge is 0.427 e. The van der Waals surface area contributed by atoms with Gasteiger partial charge in [-0.15, -0.1) is 0 Å². The first-order chi connectivity index (χ1) is 16.8. The molecule has 0 aliphatic carbocycles. The number of hydrogen-bond acceptors (Lipinski definition) is 6. The predicted octanol–water partition coefficient (Wildman–Crippen LogP) is 4.47. The second-order valence-electron chi connectivity index (χ2n) is 9.04. The molecule has 1 aromatic heterocycles. The molecule has 2 unspecified atom stereocenters. The number of rotatable bonds is 9. The fourth-order valence-electron chi connectivity index (χ4n) is 4.08. The number of alkyl halides is 3. The average Bonchev–Trinajstić information content (AvgIpc) is 2.99. The molecule has 12 heteroatoms. The fourth-order valence-corrected chi connectivity index (χ4v) is 4.32. The van der Waals surface area contributed by atoms with Crippen molar-refractivity contribution in [3.8, 4) is 5.75 Å². The number of aliphatic carboxylic acids is 2. The molecule has 0 saturated heterocycles. The van der Waals surface area contributed by atoms with E-state index in [4.69, 9.17) is 16.3 Å². The average molecular weight is 530 g/mol. The van der Waals surface area contributed by atoms with Crippen molar-refractivity contribution in [1.82, 2.24) is 10.3 Å². The number of pyridine rings is 1. The minimum Gasteiger partial charge on any atom is -0.481 e. The van der Waals surface area contributed by atoms with Crippen LogP contribution in [0.4, 0.5) is 18.9 Å². The molecule has 0 saturated carbocycles. The highest BCUT2D eigenvalue weighted by Gasteiger charge is 2.49. The van der Waals surface area contributed by atoms with Gasteiger partial charge < -0.3 is 25.6 Å². The summed E-state index contributed by atoms with van der Waals surface area (Å²) in [6.07, 6.45) is -3.33. The summed E-state index contributed by atoms with van der Waals surface area (Å²) in [6.45, 7) is 2.89. The van der Waals surface area contributed by atoms with E-state index >= 15 is 0 Å². The minimum absolute atomic E-state index is 0.0280. The molecule has 1 aliphatic rings. The van der Waals surface area contributed by atoms with Crippen LogP contribution in [0.15, 0.2) is 30.5 Å². The summed E-state index contributed by atoms with van der Waals surface area (Å²) in [6, 6.07) is 6.28. The first kappa shape index (κ1) is 27.5. The van der Waals surface area contributed by atoms with Gasteiger partial charge in [0.25, 0.3) is 0 Å². The summed E-state index contributed by atoms with van der Waals surface area (Å²) in [5, 5.41) is 25.7. The van der Waals surface area contributed by atoms with E-state index in [-0.39, 0.29) is 12.3 Å². The van der Waals surface area contributed by atoms with Crippen LogP contribution in [0.1, 0.15) is 43.0 Å². The molecule has 196 valence electrons. The number of anilines is 1. The Bertz CT molecular complexity index is 1110. The molecule has 2 atom stereocenters. The molecule has 2 aromatic rings. The molecular formula is C24H27ClF3N3O5. The Morgan fingerprint density at radius 3 is 2.56 bits per heavy atom. The molecule has 0 spiro atoms. The number of hydrogen-bond donors (Lipinski definition) is 4. The number of carbonyl (C=O) groups is 2. The Hall–Kier alpha value is -3.05. The SMILES string of the molecule is CC(C)(Oc1ccc(CNc2c(Cl)ccc3c2CCNCC3C(CC(=O)O)C(=O)O)nc1)C(F)(F)F. The van der Waals surface area contributed by atoms with Gasteiger partial charge in [0.05, 0.1) is 41.5 Å². The number of carboxylic acid groups (broad SMARTS) is 2. The first-order valence-corrected chi connectivity index (χ1v) is 11.6. The number of nitrogens with one attached hydrogen (secondary N) is 2. The summed E-state index contributed by atoms with van der Waals surface area (Å²) in [5.41, 5.74) is 0.191. The van der Waals surface area contributed by atoms with Crippen molar-refractivity contribution in [2.75, 3.05) is 18.4 Å². The summed E-state index contributed by atoms with van der Waals surface area (Å²) in [7, 11) is 0. The number of aromatic nitrogens is 1. The lowest BCUT2D eigenvalue weighted by Crippen LogP contribution is -2.44. The van der Waals surface area contributed by atoms with Crippen LogP contribution in [0.3, 0.4) is 0 Å². The van der Waals surface area contributed by atoms with Gasteiger partial charge in [-0.2, -0.15) is 13.2 Å². The Kier molecular flexibility index (Phi) is 8.35. The third-order valence-corrected chi connectivity index (χ3v) is 6.43. The second kappa shape index (κ2) is 10.9. The fraction of sp³-hybridized carbons (Fsp3) is 0.458. The number of carboxylic acids is 2. The molecule has 8 nitrogen and oxygen atoms in total. The van der Waals surface area contributed by atoms with Crippen LogP contribution in [0.5, 0.6) is 5.75 Å². The van der Waals surface area contributed by atoms with Crippen molar-refractivity contribution in [3.63, 3.8) is 0 Å². The Balaban J connectivity index is 1.82. The monoisotopic (exact) mass is 529 g/mol. The third kappa shape index (κ3) is 6.38. The molecule has 36 heavy (non-hydrogen) atoms. The molecule has 0 fully saturated rings. The standard InChI is InChI=1S/C24H27ClF3N3O5/c1-23(2,24(26,27)28)36-14-4-3-13(30-11-14)10-31-21-16-7-8-29-12-18(15(16)5-6-19(21)25)17(22(34)35)9-20(32)33/h3-6,11,17-18,29,31H,7-10,12H2,1-2H3,(H,32,33)(H,34,35). The summed E-state index contributed by atoms with van der Waals surface area (Å²) >= 11 is 6.46. The number of fused-ring (bicyclic) bond motifs is 1. The third-order valence-electron chi connectivity index (χ3n) is 6.11. The lowest BCUT2D eigenvalue weighted by molar-refractivity contribution is -0.234. The summed E-state index contributed by atoms with van der Waals surface area (Å²) in [5.74, 6) is -4.13. The van der Waals surface area contributed by atoms with Crippen molar-refractivity contribution in [2.45, 2.75) is 50.9 Å². The van der Waals surface area contributed by atoms with E-state index in [1.807, 2.05) is 0 Å². The highest BCUT2D eigenvalue weighted by atomic mass is 35.5. The second-order valence-corrected chi connectivity index (χ2v) is 9.45. The maximum absolute atomic E-state index is 13.1. The van der Waals surface area contributed by atoms with Gasteiger partial charge >= 0.3 is 18.1 Å². The zero-order valence-electron chi connectivity index (χ0n) is 19.7. The van der Waals surface area contributed by atoms with Crippen molar-refractivity contribution < 1.29 is 37.7 Å². The van der Waals surface area contributed by atoms with Gasteiger partial charge in [0, 0.05) is 12.5 Å². The number of benzene rings is 1. The molecule has 4 N–H and O–H groups in total. The predicted molar refractivity (Wildman–Crippen MR) is 126 cm³/mol. The van der Waals surface area contributed by atoms with E-state index in [2.05, 4.69) is 15.6 Å². The lowest BCUT2D eigenvalue weighted by atomic mass is 9.81. The van der Waals surface area contributed by atoms with Crippen LogP contribution < -0.4 is 15.4 Å². The van der Waals surface area contributed by atoms with Crippen molar-refractivity contribution >= 4 is 29.2 Å². The zero-order chi connectivity index (χ0) is 26.7. The van der Waals surface area contributed by atoms with Crippen molar-refractivity contribution in [3.05, 3.63) is 52.3 Å². The minimum atomic E-state index is -4.55. The molecule has 3 rings (SSSR count). The van der Waals surface area contributed by atoms with Crippen LogP contribution in [0.25, 0.3) is 0 Å². The largest absolute Gasteiger partial charge is 0.481 e.